The molecule has 1 unspecified atom stereocenters. The first-order valence-corrected chi connectivity index (χ1v) is 4.95. The largest absolute Gasteiger partial charge is 0.374 e. The first-order chi connectivity index (χ1) is 6.59. The number of carbonyl (C=O) groups is 1. The number of rotatable bonds is 1. The minimum Gasteiger partial charge on any atom is -0.374 e. The summed E-state index contributed by atoms with van der Waals surface area (Å²) in [7, 11) is 2.09. The van der Waals surface area contributed by atoms with E-state index in [0.717, 1.165) is 12.1 Å². The van der Waals surface area contributed by atoms with Crippen molar-refractivity contribution >= 4 is 11.5 Å². The molecule has 1 atom stereocenters. The third kappa shape index (κ3) is 1.31. The summed E-state index contributed by atoms with van der Waals surface area (Å²) in [6.07, 6.45) is 0. The highest BCUT2D eigenvalue weighted by atomic mass is 16.1. The number of carbonyl (C=O) groups excluding carboxylic acids is 1. The molecule has 0 radical (unpaired) electrons. The summed E-state index contributed by atoms with van der Waals surface area (Å²) in [5, 5.41) is 0. The van der Waals surface area contributed by atoms with Gasteiger partial charge in [0.15, 0.2) is 5.78 Å². The van der Waals surface area contributed by atoms with Crippen molar-refractivity contribution in [1.29, 1.82) is 0 Å². The van der Waals surface area contributed by atoms with E-state index in [2.05, 4.69) is 24.9 Å². The molecule has 0 fully saturated rings. The Bertz CT molecular complexity index is 384. The molecule has 0 amide bonds. The fourth-order valence-electron chi connectivity index (χ4n) is 2.12. The second-order valence-electron chi connectivity index (χ2n) is 4.11. The highest BCUT2D eigenvalue weighted by Crippen LogP contribution is 2.35. The van der Waals surface area contributed by atoms with Gasteiger partial charge in [-0.05, 0) is 30.7 Å². The highest BCUT2D eigenvalue weighted by molar-refractivity contribution is 5.95. The Kier molecular flexibility index (Phi) is 2.06. The molecule has 2 nitrogen and oxygen atoms in total. The number of fused-ring (bicyclic) bond motifs is 1. The lowest BCUT2D eigenvalue weighted by atomic mass is 10.00. The molecule has 1 aliphatic heterocycles. The molecule has 1 aromatic carbocycles. The first kappa shape index (κ1) is 9.25. The van der Waals surface area contributed by atoms with E-state index in [0.29, 0.717) is 5.92 Å². The Morgan fingerprint density at radius 2 is 2.21 bits per heavy atom. The Morgan fingerprint density at radius 3 is 2.86 bits per heavy atom. The molecule has 74 valence electrons. The summed E-state index contributed by atoms with van der Waals surface area (Å²) in [6.45, 7) is 4.87. The van der Waals surface area contributed by atoms with Gasteiger partial charge in [0, 0.05) is 30.8 Å². The van der Waals surface area contributed by atoms with Gasteiger partial charge in [-0.15, -0.1) is 0 Å². The molecule has 1 heterocycles. The normalized spacial score (nSPS) is 19.6. The molecule has 14 heavy (non-hydrogen) atoms. The van der Waals surface area contributed by atoms with Crippen molar-refractivity contribution in [3.63, 3.8) is 0 Å². The number of hydrogen-bond donors (Lipinski definition) is 0. The van der Waals surface area contributed by atoms with E-state index in [1.54, 1.807) is 6.92 Å². The lowest BCUT2D eigenvalue weighted by Gasteiger charge is -2.11. The molecule has 1 aliphatic rings. The van der Waals surface area contributed by atoms with Crippen LogP contribution >= 0.6 is 0 Å². The molecule has 2 heteroatoms. The van der Waals surface area contributed by atoms with Crippen LogP contribution in [0.1, 0.15) is 35.7 Å². The van der Waals surface area contributed by atoms with Gasteiger partial charge in [0.05, 0.1) is 0 Å². The topological polar surface area (TPSA) is 20.3 Å². The van der Waals surface area contributed by atoms with E-state index in [1.807, 2.05) is 12.1 Å². The number of nitrogens with zero attached hydrogens (tertiary/aromatic N) is 1. The van der Waals surface area contributed by atoms with Crippen LogP contribution in [0.25, 0.3) is 0 Å². The summed E-state index contributed by atoms with van der Waals surface area (Å²) in [6, 6.07) is 6.00. The SMILES string of the molecule is CC(=O)c1ccc2c(c1)C(C)CN2C. The molecule has 0 spiro atoms. The van der Waals surface area contributed by atoms with Gasteiger partial charge in [-0.3, -0.25) is 4.79 Å². The number of anilines is 1. The lowest BCUT2D eigenvalue weighted by Crippen LogP contribution is -2.13. The van der Waals surface area contributed by atoms with Crippen LogP contribution in [0.15, 0.2) is 18.2 Å². The fourth-order valence-corrected chi connectivity index (χ4v) is 2.12. The predicted molar refractivity (Wildman–Crippen MR) is 58.1 cm³/mol. The molecule has 2 rings (SSSR count). The third-order valence-electron chi connectivity index (χ3n) is 2.92. The number of Topliss-reactive ketones (excluding diaryl/α,β-unsaturated/α-hetero) is 1. The van der Waals surface area contributed by atoms with E-state index in [-0.39, 0.29) is 5.78 Å². The Balaban J connectivity index is 2.50. The van der Waals surface area contributed by atoms with Crippen LogP contribution < -0.4 is 4.90 Å². The summed E-state index contributed by atoms with van der Waals surface area (Å²) in [5.74, 6) is 0.684. The molecule has 0 bridgehead atoms. The van der Waals surface area contributed by atoms with E-state index >= 15 is 0 Å². The lowest BCUT2D eigenvalue weighted by molar-refractivity contribution is 0.101. The molecule has 0 N–H and O–H groups in total. The number of hydrogen-bond acceptors (Lipinski definition) is 2. The summed E-state index contributed by atoms with van der Waals surface area (Å²) in [5.41, 5.74) is 3.40. The van der Waals surface area contributed by atoms with Gasteiger partial charge in [0.1, 0.15) is 0 Å². The van der Waals surface area contributed by atoms with Crippen LogP contribution in [0.4, 0.5) is 5.69 Å². The average molecular weight is 189 g/mol. The van der Waals surface area contributed by atoms with Crippen LogP contribution in [-0.4, -0.2) is 19.4 Å². The van der Waals surface area contributed by atoms with E-state index in [4.69, 9.17) is 0 Å². The maximum absolute atomic E-state index is 11.2. The van der Waals surface area contributed by atoms with Crippen molar-refractivity contribution in [2.75, 3.05) is 18.5 Å². The van der Waals surface area contributed by atoms with Crippen molar-refractivity contribution in [1.82, 2.24) is 0 Å². The van der Waals surface area contributed by atoms with Gasteiger partial charge in [0.25, 0.3) is 0 Å². The zero-order valence-electron chi connectivity index (χ0n) is 8.87. The second kappa shape index (κ2) is 3.12. The average Bonchev–Trinajstić information content (AvgIpc) is 2.42. The quantitative estimate of drug-likeness (QED) is 0.632. The van der Waals surface area contributed by atoms with Gasteiger partial charge in [0.2, 0.25) is 0 Å². The van der Waals surface area contributed by atoms with Crippen molar-refractivity contribution < 1.29 is 4.79 Å². The molecule has 0 aromatic heterocycles. The van der Waals surface area contributed by atoms with Gasteiger partial charge >= 0.3 is 0 Å². The van der Waals surface area contributed by atoms with E-state index < -0.39 is 0 Å². The minimum atomic E-state index is 0.148. The zero-order chi connectivity index (χ0) is 10.3. The fraction of sp³-hybridized carbons (Fsp3) is 0.417. The maximum Gasteiger partial charge on any atom is 0.159 e. The zero-order valence-corrected chi connectivity index (χ0v) is 8.87. The number of ketones is 1. The minimum absolute atomic E-state index is 0.148. The summed E-state index contributed by atoms with van der Waals surface area (Å²) >= 11 is 0. The van der Waals surface area contributed by atoms with Gasteiger partial charge in [-0.1, -0.05) is 6.92 Å². The van der Waals surface area contributed by atoms with Crippen LogP contribution in [-0.2, 0) is 0 Å². The summed E-state index contributed by atoms with van der Waals surface area (Å²) < 4.78 is 0. The van der Waals surface area contributed by atoms with Crippen molar-refractivity contribution in [3.05, 3.63) is 29.3 Å². The van der Waals surface area contributed by atoms with Crippen LogP contribution in [0, 0.1) is 0 Å². The Hall–Kier alpha value is -1.31. The Morgan fingerprint density at radius 1 is 1.50 bits per heavy atom. The third-order valence-corrected chi connectivity index (χ3v) is 2.92. The summed E-state index contributed by atoms with van der Waals surface area (Å²) in [4.78, 5) is 13.5. The Labute approximate surface area is 84.5 Å². The van der Waals surface area contributed by atoms with Crippen LogP contribution in [0.5, 0.6) is 0 Å². The van der Waals surface area contributed by atoms with E-state index in [9.17, 15) is 4.79 Å². The second-order valence-corrected chi connectivity index (χ2v) is 4.11. The highest BCUT2D eigenvalue weighted by Gasteiger charge is 2.23. The van der Waals surface area contributed by atoms with Gasteiger partial charge in [-0.2, -0.15) is 0 Å². The first-order valence-electron chi connectivity index (χ1n) is 4.95. The van der Waals surface area contributed by atoms with Gasteiger partial charge < -0.3 is 4.90 Å². The molecular weight excluding hydrogens is 174 g/mol. The molecule has 0 saturated carbocycles. The maximum atomic E-state index is 11.2. The van der Waals surface area contributed by atoms with E-state index in [1.165, 1.54) is 11.3 Å². The van der Waals surface area contributed by atoms with Crippen LogP contribution in [0.2, 0.25) is 0 Å². The van der Waals surface area contributed by atoms with Crippen molar-refractivity contribution in [3.8, 4) is 0 Å². The van der Waals surface area contributed by atoms with Gasteiger partial charge in [-0.25, -0.2) is 0 Å². The standard InChI is InChI=1S/C12H15NO/c1-8-7-13(3)12-5-4-10(9(2)14)6-11(8)12/h4-6,8H,7H2,1-3H3. The molecule has 1 aromatic rings. The number of likely N-dealkylation sites (N-methyl/N-ethyl adjacent to an activating group) is 1. The predicted octanol–water partition coefficient (Wildman–Crippen LogP) is 2.44. The number of benzene rings is 1. The molecule has 0 aliphatic carbocycles. The molecule has 0 saturated heterocycles. The monoisotopic (exact) mass is 189 g/mol. The van der Waals surface area contributed by atoms with Crippen molar-refractivity contribution in [2.45, 2.75) is 19.8 Å². The smallest absolute Gasteiger partial charge is 0.159 e. The van der Waals surface area contributed by atoms with Crippen LogP contribution in [0.3, 0.4) is 0 Å². The van der Waals surface area contributed by atoms with Crippen molar-refractivity contribution in [2.24, 2.45) is 0 Å². The molecular formula is C12H15NO.